The van der Waals surface area contributed by atoms with E-state index in [0.29, 0.717) is 12.4 Å². The summed E-state index contributed by atoms with van der Waals surface area (Å²) >= 11 is 0. The minimum Gasteiger partial charge on any atom is -0.473 e. The summed E-state index contributed by atoms with van der Waals surface area (Å²) in [4.78, 5) is 0. The van der Waals surface area contributed by atoms with E-state index in [1.807, 2.05) is 0 Å². The smallest absolute Gasteiger partial charge is 0.188 e. The molecule has 0 atom stereocenters. The molecule has 0 rings (SSSR count). The summed E-state index contributed by atoms with van der Waals surface area (Å²) in [7, 11) is 0. The van der Waals surface area contributed by atoms with Crippen LogP contribution in [0.5, 0.6) is 0 Å². The van der Waals surface area contributed by atoms with Crippen LogP contribution in [0.15, 0.2) is 12.3 Å². The van der Waals surface area contributed by atoms with Gasteiger partial charge in [0, 0.05) is 0 Å². The molecule has 0 bridgehead atoms. The van der Waals surface area contributed by atoms with Gasteiger partial charge in [0.25, 0.3) is 0 Å². The lowest BCUT2D eigenvalue weighted by Gasteiger charge is -2.03. The lowest BCUT2D eigenvalue weighted by atomic mass is 10.7. The second kappa shape index (κ2) is 5.59. The van der Waals surface area contributed by atoms with E-state index in [9.17, 15) is 0 Å². The third-order valence-electron chi connectivity index (χ3n) is 0.624. The molecular weight excluding hydrogens is 120 g/mol. The topological polar surface area (TPSA) is 38.7 Å². The predicted octanol–water partition coefficient (Wildman–Crippen LogP) is 0.503. The van der Waals surface area contributed by atoms with Crippen molar-refractivity contribution in [2.45, 2.75) is 6.92 Å². The Morgan fingerprint density at radius 1 is 1.67 bits per heavy atom. The van der Waals surface area contributed by atoms with Crippen LogP contribution in [0.4, 0.5) is 0 Å². The SMILES string of the molecule is C=C(C)OCOCCO. The van der Waals surface area contributed by atoms with Gasteiger partial charge in [-0.1, -0.05) is 6.58 Å². The zero-order valence-corrected chi connectivity index (χ0v) is 5.59. The van der Waals surface area contributed by atoms with Gasteiger partial charge in [-0.15, -0.1) is 0 Å². The zero-order chi connectivity index (χ0) is 7.11. The number of aliphatic hydroxyl groups is 1. The zero-order valence-electron chi connectivity index (χ0n) is 5.59. The average molecular weight is 132 g/mol. The maximum Gasteiger partial charge on any atom is 0.188 e. The van der Waals surface area contributed by atoms with Gasteiger partial charge in [0.2, 0.25) is 0 Å². The largest absolute Gasteiger partial charge is 0.473 e. The van der Waals surface area contributed by atoms with E-state index in [4.69, 9.17) is 14.6 Å². The molecule has 0 aliphatic heterocycles. The molecule has 0 aliphatic rings. The Kier molecular flexibility index (Phi) is 5.26. The van der Waals surface area contributed by atoms with Crippen LogP contribution in [-0.4, -0.2) is 25.1 Å². The van der Waals surface area contributed by atoms with Crippen molar-refractivity contribution in [2.24, 2.45) is 0 Å². The highest BCUT2D eigenvalue weighted by Crippen LogP contribution is 1.88. The van der Waals surface area contributed by atoms with Crippen molar-refractivity contribution in [1.29, 1.82) is 0 Å². The third-order valence-corrected chi connectivity index (χ3v) is 0.624. The number of hydrogen-bond acceptors (Lipinski definition) is 3. The molecule has 0 aliphatic carbocycles. The molecule has 9 heavy (non-hydrogen) atoms. The number of aliphatic hydroxyl groups excluding tert-OH is 1. The Bertz CT molecular complexity index is 80.4. The first-order valence-electron chi connectivity index (χ1n) is 2.74. The van der Waals surface area contributed by atoms with Crippen LogP contribution in [0.1, 0.15) is 6.92 Å². The molecule has 0 aromatic carbocycles. The summed E-state index contributed by atoms with van der Waals surface area (Å²) in [5.74, 6) is 0.618. The molecule has 0 radical (unpaired) electrons. The van der Waals surface area contributed by atoms with Gasteiger partial charge in [-0.3, -0.25) is 0 Å². The minimum atomic E-state index is 0.0273. The molecule has 0 fully saturated rings. The summed E-state index contributed by atoms with van der Waals surface area (Å²) in [6.07, 6.45) is 0. The first-order chi connectivity index (χ1) is 4.27. The molecule has 0 amide bonds. The monoisotopic (exact) mass is 132 g/mol. The van der Waals surface area contributed by atoms with Crippen molar-refractivity contribution < 1.29 is 14.6 Å². The summed E-state index contributed by atoms with van der Waals surface area (Å²) in [5, 5.41) is 8.23. The summed E-state index contributed by atoms with van der Waals surface area (Å²) in [5.41, 5.74) is 0. The first-order valence-corrected chi connectivity index (χ1v) is 2.74. The van der Waals surface area contributed by atoms with Gasteiger partial charge < -0.3 is 14.6 Å². The van der Waals surface area contributed by atoms with Crippen LogP contribution in [0.25, 0.3) is 0 Å². The minimum absolute atomic E-state index is 0.0273. The van der Waals surface area contributed by atoms with E-state index in [2.05, 4.69) is 6.58 Å². The van der Waals surface area contributed by atoms with Crippen LogP contribution in [0.3, 0.4) is 0 Å². The van der Waals surface area contributed by atoms with Crippen molar-refractivity contribution in [3.8, 4) is 0 Å². The van der Waals surface area contributed by atoms with Gasteiger partial charge >= 0.3 is 0 Å². The molecule has 0 saturated heterocycles. The molecule has 0 heterocycles. The van der Waals surface area contributed by atoms with E-state index in [0.717, 1.165) is 0 Å². The molecule has 0 spiro atoms. The first kappa shape index (κ1) is 8.46. The van der Waals surface area contributed by atoms with Crippen molar-refractivity contribution in [3.05, 3.63) is 12.3 Å². The number of hydrogen-bond donors (Lipinski definition) is 1. The van der Waals surface area contributed by atoms with E-state index in [1.165, 1.54) is 0 Å². The quantitative estimate of drug-likeness (QED) is 0.336. The Morgan fingerprint density at radius 3 is 2.78 bits per heavy atom. The van der Waals surface area contributed by atoms with Crippen LogP contribution in [0.2, 0.25) is 0 Å². The summed E-state index contributed by atoms with van der Waals surface area (Å²) < 4.78 is 9.58. The number of rotatable bonds is 5. The molecule has 0 aromatic heterocycles. The molecule has 0 unspecified atom stereocenters. The molecular formula is C6H12O3. The van der Waals surface area contributed by atoms with Crippen LogP contribution >= 0.6 is 0 Å². The van der Waals surface area contributed by atoms with Crippen molar-refractivity contribution in [1.82, 2.24) is 0 Å². The maximum atomic E-state index is 8.23. The normalized spacial score (nSPS) is 9.11. The summed E-state index contributed by atoms with van der Waals surface area (Å²) in [6.45, 7) is 5.74. The van der Waals surface area contributed by atoms with Gasteiger partial charge in [-0.05, 0) is 6.92 Å². The van der Waals surface area contributed by atoms with E-state index in [1.54, 1.807) is 6.92 Å². The highest BCUT2D eigenvalue weighted by molar-refractivity contribution is 4.72. The fourth-order valence-electron chi connectivity index (χ4n) is 0.266. The van der Waals surface area contributed by atoms with E-state index >= 15 is 0 Å². The fraction of sp³-hybridized carbons (Fsp3) is 0.667. The predicted molar refractivity (Wildman–Crippen MR) is 33.8 cm³/mol. The van der Waals surface area contributed by atoms with E-state index < -0.39 is 0 Å². The van der Waals surface area contributed by atoms with Crippen molar-refractivity contribution in [3.63, 3.8) is 0 Å². The van der Waals surface area contributed by atoms with Crippen LogP contribution < -0.4 is 0 Å². The maximum absolute atomic E-state index is 8.23. The lowest BCUT2D eigenvalue weighted by Crippen LogP contribution is -2.02. The molecule has 0 aromatic rings. The fourth-order valence-corrected chi connectivity index (χ4v) is 0.266. The Balaban J connectivity index is 2.83. The molecule has 3 nitrogen and oxygen atoms in total. The van der Waals surface area contributed by atoms with Gasteiger partial charge in [-0.25, -0.2) is 0 Å². The van der Waals surface area contributed by atoms with Gasteiger partial charge in [0.1, 0.15) is 0 Å². The highest BCUT2D eigenvalue weighted by atomic mass is 16.7. The summed E-state index contributed by atoms with van der Waals surface area (Å²) in [6, 6.07) is 0. The van der Waals surface area contributed by atoms with E-state index in [-0.39, 0.29) is 13.4 Å². The number of allylic oxidation sites excluding steroid dienone is 1. The van der Waals surface area contributed by atoms with Crippen LogP contribution in [0, 0.1) is 0 Å². The van der Waals surface area contributed by atoms with Gasteiger partial charge in [0.15, 0.2) is 6.79 Å². The standard InChI is InChI=1S/C6H12O3/c1-6(2)9-5-8-4-3-7/h7H,1,3-5H2,2H3. The Labute approximate surface area is 54.9 Å². The van der Waals surface area contributed by atoms with Crippen LogP contribution in [-0.2, 0) is 9.47 Å². The highest BCUT2D eigenvalue weighted by Gasteiger charge is 1.84. The Morgan fingerprint density at radius 2 is 2.33 bits per heavy atom. The number of ether oxygens (including phenoxy) is 2. The lowest BCUT2D eigenvalue weighted by molar-refractivity contribution is -0.0337. The average Bonchev–Trinajstić information content (AvgIpc) is 1.80. The Hall–Kier alpha value is -0.540. The second-order valence-corrected chi connectivity index (χ2v) is 1.60. The molecule has 54 valence electrons. The van der Waals surface area contributed by atoms with Crippen molar-refractivity contribution >= 4 is 0 Å². The molecule has 1 N–H and O–H groups in total. The van der Waals surface area contributed by atoms with Crippen molar-refractivity contribution in [2.75, 3.05) is 20.0 Å². The molecule has 0 saturated carbocycles. The third kappa shape index (κ3) is 7.46. The van der Waals surface area contributed by atoms with Gasteiger partial charge in [-0.2, -0.15) is 0 Å². The second-order valence-electron chi connectivity index (χ2n) is 1.60. The molecule has 3 heteroatoms. The van der Waals surface area contributed by atoms with Gasteiger partial charge in [0.05, 0.1) is 19.0 Å².